The summed E-state index contributed by atoms with van der Waals surface area (Å²) >= 11 is 0. The second kappa shape index (κ2) is 10.8. The smallest absolute Gasteiger partial charge is 0.312 e. The average Bonchev–Trinajstić information content (AvgIpc) is 2.63. The van der Waals surface area contributed by atoms with Crippen molar-refractivity contribution in [2.24, 2.45) is 5.73 Å². The summed E-state index contributed by atoms with van der Waals surface area (Å²) in [5.74, 6) is -1.29. The Balaban J connectivity index is 0.00000338. The van der Waals surface area contributed by atoms with Gasteiger partial charge in [0.05, 0.1) is 0 Å². The van der Waals surface area contributed by atoms with Crippen molar-refractivity contribution in [3.05, 3.63) is 35.9 Å². The minimum atomic E-state index is -0.597. The SMILES string of the molecule is CCN1CCN(CC(=O)N(CCCN)Cc2ccccc2)C(=O)C1=O.Cl. The van der Waals surface area contributed by atoms with Crippen LogP contribution in [-0.2, 0) is 20.9 Å². The Morgan fingerprint density at radius 3 is 2.35 bits per heavy atom. The van der Waals surface area contributed by atoms with Gasteiger partial charge in [-0.15, -0.1) is 12.4 Å². The number of nitrogens with zero attached hydrogens (tertiary/aromatic N) is 3. The zero-order valence-electron chi connectivity index (χ0n) is 15.1. The third-order valence-electron chi connectivity index (χ3n) is 4.31. The largest absolute Gasteiger partial charge is 0.337 e. The first kappa shape index (κ1) is 21.9. The van der Waals surface area contributed by atoms with E-state index < -0.39 is 11.8 Å². The summed E-state index contributed by atoms with van der Waals surface area (Å²) in [4.78, 5) is 41.4. The third kappa shape index (κ3) is 5.71. The second-order valence-electron chi connectivity index (χ2n) is 6.05. The van der Waals surface area contributed by atoms with Crippen molar-refractivity contribution < 1.29 is 14.4 Å². The summed E-state index contributed by atoms with van der Waals surface area (Å²) in [5.41, 5.74) is 6.59. The molecule has 1 aliphatic rings. The van der Waals surface area contributed by atoms with Crippen molar-refractivity contribution in [3.63, 3.8) is 0 Å². The van der Waals surface area contributed by atoms with Crippen LogP contribution in [0.2, 0.25) is 0 Å². The van der Waals surface area contributed by atoms with Crippen LogP contribution >= 0.6 is 12.4 Å². The molecule has 8 heteroatoms. The molecule has 0 atom stereocenters. The molecule has 1 heterocycles. The standard InChI is InChI=1S/C18H26N4O3.ClH/c1-2-20-11-12-22(18(25)17(20)24)14-16(23)21(10-6-9-19)13-15-7-4-3-5-8-15;/h3-5,7-8H,2,6,9-14,19H2,1H3;1H. The first-order chi connectivity index (χ1) is 12.1. The highest BCUT2D eigenvalue weighted by molar-refractivity contribution is 6.35. The molecule has 0 aromatic heterocycles. The van der Waals surface area contributed by atoms with Crippen molar-refractivity contribution in [3.8, 4) is 0 Å². The maximum absolute atomic E-state index is 12.7. The molecule has 1 aliphatic heterocycles. The van der Waals surface area contributed by atoms with Gasteiger partial charge >= 0.3 is 11.8 Å². The molecular formula is C18H27ClN4O3. The Kier molecular flexibility index (Phi) is 9.09. The normalized spacial score (nSPS) is 14.2. The number of halogens is 1. The predicted molar refractivity (Wildman–Crippen MR) is 102 cm³/mol. The summed E-state index contributed by atoms with van der Waals surface area (Å²) < 4.78 is 0. The molecule has 0 unspecified atom stereocenters. The molecule has 1 aromatic rings. The van der Waals surface area contributed by atoms with Crippen LogP contribution in [0.4, 0.5) is 0 Å². The molecule has 7 nitrogen and oxygen atoms in total. The van der Waals surface area contributed by atoms with Crippen LogP contribution in [0.5, 0.6) is 0 Å². The number of likely N-dealkylation sites (N-methyl/N-ethyl adjacent to an activating group) is 1. The number of rotatable bonds is 8. The van der Waals surface area contributed by atoms with Crippen molar-refractivity contribution in [1.29, 1.82) is 0 Å². The lowest BCUT2D eigenvalue weighted by molar-refractivity contribution is -0.157. The van der Waals surface area contributed by atoms with E-state index in [9.17, 15) is 14.4 Å². The quantitative estimate of drug-likeness (QED) is 0.662. The van der Waals surface area contributed by atoms with Crippen LogP contribution < -0.4 is 5.73 Å². The van der Waals surface area contributed by atoms with Gasteiger partial charge < -0.3 is 20.4 Å². The van der Waals surface area contributed by atoms with Crippen molar-refractivity contribution in [1.82, 2.24) is 14.7 Å². The Bertz CT molecular complexity index is 612. The van der Waals surface area contributed by atoms with Gasteiger partial charge in [0.15, 0.2) is 0 Å². The maximum Gasteiger partial charge on any atom is 0.312 e. The first-order valence-corrected chi connectivity index (χ1v) is 8.66. The van der Waals surface area contributed by atoms with Crippen LogP contribution in [0.1, 0.15) is 18.9 Å². The number of nitrogens with two attached hydrogens (primary N) is 1. The lowest BCUT2D eigenvalue weighted by atomic mass is 10.2. The van der Waals surface area contributed by atoms with Gasteiger partial charge in [0.25, 0.3) is 0 Å². The molecule has 0 spiro atoms. The molecule has 2 N–H and O–H groups in total. The Morgan fingerprint density at radius 1 is 1.12 bits per heavy atom. The number of piperazine rings is 1. The highest BCUT2D eigenvalue weighted by atomic mass is 35.5. The van der Waals surface area contributed by atoms with E-state index in [-0.39, 0.29) is 24.9 Å². The number of carbonyl (C=O) groups is 3. The maximum atomic E-state index is 12.7. The molecule has 3 amide bonds. The van der Waals surface area contributed by atoms with Crippen LogP contribution in [0.3, 0.4) is 0 Å². The fraction of sp³-hybridized carbons (Fsp3) is 0.500. The zero-order chi connectivity index (χ0) is 18.2. The van der Waals surface area contributed by atoms with Crippen molar-refractivity contribution >= 4 is 30.1 Å². The number of benzene rings is 1. The minimum absolute atomic E-state index is 0. The van der Waals surface area contributed by atoms with E-state index in [4.69, 9.17) is 5.73 Å². The van der Waals surface area contributed by atoms with Gasteiger partial charge in [-0.2, -0.15) is 0 Å². The Labute approximate surface area is 160 Å². The summed E-state index contributed by atoms with van der Waals surface area (Å²) in [6.45, 7) is 4.61. The highest BCUT2D eigenvalue weighted by Gasteiger charge is 2.33. The molecular weight excluding hydrogens is 356 g/mol. The first-order valence-electron chi connectivity index (χ1n) is 8.66. The zero-order valence-corrected chi connectivity index (χ0v) is 15.9. The summed E-state index contributed by atoms with van der Waals surface area (Å²) in [5, 5.41) is 0. The number of amides is 3. The molecule has 0 aliphatic carbocycles. The van der Waals surface area contributed by atoms with Crippen molar-refractivity contribution in [2.75, 3.05) is 39.3 Å². The highest BCUT2D eigenvalue weighted by Crippen LogP contribution is 2.09. The number of carbonyl (C=O) groups excluding carboxylic acids is 3. The van der Waals surface area contributed by atoms with Crippen LogP contribution in [-0.4, -0.2) is 71.7 Å². The van der Waals surface area contributed by atoms with Crippen LogP contribution in [0, 0.1) is 0 Å². The number of hydrogen-bond acceptors (Lipinski definition) is 4. The van der Waals surface area contributed by atoms with E-state index in [0.717, 1.165) is 5.56 Å². The van der Waals surface area contributed by atoms with E-state index >= 15 is 0 Å². The average molecular weight is 383 g/mol. The Hall–Kier alpha value is -2.12. The van der Waals surface area contributed by atoms with Gasteiger partial charge in [0.2, 0.25) is 5.91 Å². The lowest BCUT2D eigenvalue weighted by Gasteiger charge is -2.34. The summed E-state index contributed by atoms with van der Waals surface area (Å²) in [6.07, 6.45) is 0.690. The van der Waals surface area contributed by atoms with E-state index in [1.165, 1.54) is 9.80 Å². The molecule has 1 aromatic carbocycles. The van der Waals surface area contributed by atoms with Crippen LogP contribution in [0.25, 0.3) is 0 Å². The van der Waals surface area contributed by atoms with E-state index in [1.807, 2.05) is 37.3 Å². The van der Waals surface area contributed by atoms with Gasteiger partial charge in [-0.05, 0) is 25.5 Å². The molecule has 26 heavy (non-hydrogen) atoms. The van der Waals surface area contributed by atoms with Crippen LogP contribution in [0.15, 0.2) is 30.3 Å². The molecule has 144 valence electrons. The predicted octanol–water partition coefficient (Wildman–Crippen LogP) is 0.477. The Morgan fingerprint density at radius 2 is 1.73 bits per heavy atom. The van der Waals surface area contributed by atoms with Crippen molar-refractivity contribution in [2.45, 2.75) is 19.9 Å². The summed E-state index contributed by atoms with van der Waals surface area (Å²) in [6, 6.07) is 9.68. The monoisotopic (exact) mass is 382 g/mol. The fourth-order valence-electron chi connectivity index (χ4n) is 2.81. The van der Waals surface area contributed by atoms with E-state index in [1.54, 1.807) is 4.90 Å². The third-order valence-corrected chi connectivity index (χ3v) is 4.31. The minimum Gasteiger partial charge on any atom is -0.337 e. The molecule has 1 fully saturated rings. The topological polar surface area (TPSA) is 86.9 Å². The molecule has 0 radical (unpaired) electrons. The van der Waals surface area contributed by atoms with E-state index in [2.05, 4.69) is 0 Å². The van der Waals surface area contributed by atoms with Gasteiger partial charge in [-0.25, -0.2) is 0 Å². The summed E-state index contributed by atoms with van der Waals surface area (Å²) in [7, 11) is 0. The van der Waals surface area contributed by atoms with Gasteiger partial charge in [-0.1, -0.05) is 30.3 Å². The number of hydrogen-bond donors (Lipinski definition) is 1. The van der Waals surface area contributed by atoms with Gasteiger partial charge in [-0.3, -0.25) is 14.4 Å². The molecule has 0 saturated carbocycles. The molecule has 2 rings (SSSR count). The second-order valence-corrected chi connectivity index (χ2v) is 6.05. The van der Waals surface area contributed by atoms with Gasteiger partial charge in [0.1, 0.15) is 6.54 Å². The van der Waals surface area contributed by atoms with E-state index in [0.29, 0.717) is 45.7 Å². The van der Waals surface area contributed by atoms with Gasteiger partial charge in [0, 0.05) is 32.7 Å². The fourth-order valence-corrected chi connectivity index (χ4v) is 2.81. The lowest BCUT2D eigenvalue weighted by Crippen LogP contribution is -2.56. The molecule has 0 bridgehead atoms. The molecule has 1 saturated heterocycles.